The molecule has 3 N–H and O–H groups in total. The topological polar surface area (TPSA) is 78.4 Å². The van der Waals surface area contributed by atoms with Crippen molar-refractivity contribution in [3.63, 3.8) is 0 Å². The molecule has 5 nitrogen and oxygen atoms in total. The number of benzene rings is 1. The zero-order chi connectivity index (χ0) is 14.3. The maximum Gasteiger partial charge on any atom is 0.313 e. The molecule has 19 heavy (non-hydrogen) atoms. The van der Waals surface area contributed by atoms with Crippen LogP contribution >= 0.6 is 15.9 Å². The van der Waals surface area contributed by atoms with Crippen molar-refractivity contribution in [3.8, 4) is 0 Å². The van der Waals surface area contributed by atoms with Gasteiger partial charge in [0.15, 0.2) is 0 Å². The lowest BCUT2D eigenvalue weighted by Crippen LogP contribution is -2.42. The van der Waals surface area contributed by atoms with E-state index in [9.17, 15) is 9.59 Å². The van der Waals surface area contributed by atoms with Crippen LogP contribution in [0, 0.1) is 0 Å². The molecular weight excluding hydrogens is 312 g/mol. The number of nitrogens with one attached hydrogen (secondary N) is 2. The fourth-order valence-corrected chi connectivity index (χ4v) is 1.94. The number of carbonyl (C=O) groups excluding carboxylic acids is 2. The fraction of sp³-hybridized carbons (Fsp3) is 0.385. The molecule has 6 heteroatoms. The molecule has 104 valence electrons. The SMILES string of the molecule is CCC(CCO)NC(=O)C(=O)Nc1cccc(Br)c1. The van der Waals surface area contributed by atoms with Gasteiger partial charge >= 0.3 is 11.8 Å². The Kier molecular flexibility index (Phi) is 6.52. The molecule has 2 amide bonds. The zero-order valence-corrected chi connectivity index (χ0v) is 12.2. The van der Waals surface area contributed by atoms with Gasteiger partial charge in [0.1, 0.15) is 0 Å². The van der Waals surface area contributed by atoms with Gasteiger partial charge in [0, 0.05) is 22.8 Å². The summed E-state index contributed by atoms with van der Waals surface area (Å²) in [5.41, 5.74) is 0.546. The highest BCUT2D eigenvalue weighted by Gasteiger charge is 2.17. The van der Waals surface area contributed by atoms with E-state index in [1.165, 1.54) is 0 Å². The quantitative estimate of drug-likeness (QED) is 0.719. The van der Waals surface area contributed by atoms with Crippen molar-refractivity contribution in [2.24, 2.45) is 0 Å². The predicted molar refractivity (Wildman–Crippen MR) is 76.7 cm³/mol. The lowest BCUT2D eigenvalue weighted by Gasteiger charge is -2.15. The molecule has 0 spiro atoms. The second-order valence-corrected chi connectivity index (χ2v) is 4.97. The molecule has 1 rings (SSSR count). The van der Waals surface area contributed by atoms with E-state index in [0.29, 0.717) is 18.5 Å². The van der Waals surface area contributed by atoms with Crippen LogP contribution in [0.4, 0.5) is 5.69 Å². The molecule has 1 aromatic carbocycles. The van der Waals surface area contributed by atoms with Gasteiger partial charge < -0.3 is 15.7 Å². The van der Waals surface area contributed by atoms with Crippen LogP contribution in [0.2, 0.25) is 0 Å². The highest BCUT2D eigenvalue weighted by Crippen LogP contribution is 2.15. The largest absolute Gasteiger partial charge is 0.396 e. The number of anilines is 1. The number of aliphatic hydroxyl groups is 1. The standard InChI is InChI=1S/C13H17BrN2O3/c1-2-10(6-7-17)15-12(18)13(19)16-11-5-3-4-9(14)8-11/h3-5,8,10,17H,2,6-7H2,1H3,(H,15,18)(H,16,19). The highest BCUT2D eigenvalue weighted by molar-refractivity contribution is 9.10. The Morgan fingerprint density at radius 2 is 2.11 bits per heavy atom. The van der Waals surface area contributed by atoms with Crippen LogP contribution in [0.5, 0.6) is 0 Å². The van der Waals surface area contributed by atoms with E-state index < -0.39 is 11.8 Å². The lowest BCUT2D eigenvalue weighted by atomic mass is 10.1. The van der Waals surface area contributed by atoms with E-state index in [1.54, 1.807) is 18.2 Å². The van der Waals surface area contributed by atoms with E-state index >= 15 is 0 Å². The van der Waals surface area contributed by atoms with E-state index in [4.69, 9.17) is 5.11 Å². The maximum absolute atomic E-state index is 11.7. The summed E-state index contributed by atoms with van der Waals surface area (Å²) in [6.45, 7) is 1.86. The smallest absolute Gasteiger partial charge is 0.313 e. The Labute approximate surface area is 120 Å². The summed E-state index contributed by atoms with van der Waals surface area (Å²) in [5, 5.41) is 13.9. The third-order valence-corrected chi connectivity index (χ3v) is 3.09. The first-order chi connectivity index (χ1) is 9.06. The van der Waals surface area contributed by atoms with Crippen LogP contribution in [0.3, 0.4) is 0 Å². The molecule has 0 saturated heterocycles. The van der Waals surface area contributed by atoms with Gasteiger partial charge in [-0.05, 0) is 31.0 Å². The van der Waals surface area contributed by atoms with Gasteiger partial charge in [-0.3, -0.25) is 9.59 Å². The first-order valence-electron chi connectivity index (χ1n) is 6.05. The third-order valence-electron chi connectivity index (χ3n) is 2.59. The van der Waals surface area contributed by atoms with Gasteiger partial charge in [-0.25, -0.2) is 0 Å². The summed E-state index contributed by atoms with van der Waals surface area (Å²) in [4.78, 5) is 23.3. The van der Waals surface area contributed by atoms with Gasteiger partial charge in [0.05, 0.1) is 0 Å². The molecule has 0 aromatic heterocycles. The Balaban J connectivity index is 2.55. The van der Waals surface area contributed by atoms with Gasteiger partial charge in [0.25, 0.3) is 0 Å². The first-order valence-corrected chi connectivity index (χ1v) is 6.84. The molecule has 0 aliphatic carbocycles. The van der Waals surface area contributed by atoms with Crippen LogP contribution in [0.1, 0.15) is 19.8 Å². The second kappa shape index (κ2) is 7.91. The second-order valence-electron chi connectivity index (χ2n) is 4.06. The van der Waals surface area contributed by atoms with Gasteiger partial charge in [-0.2, -0.15) is 0 Å². The summed E-state index contributed by atoms with van der Waals surface area (Å²) in [7, 11) is 0. The predicted octanol–water partition coefficient (Wildman–Crippen LogP) is 1.66. The van der Waals surface area contributed by atoms with Crippen molar-refractivity contribution in [1.29, 1.82) is 0 Å². The van der Waals surface area contributed by atoms with Gasteiger partial charge in [0.2, 0.25) is 0 Å². The molecule has 0 aliphatic heterocycles. The number of halogens is 1. The monoisotopic (exact) mass is 328 g/mol. The molecule has 0 aliphatic rings. The molecule has 0 saturated carbocycles. The number of rotatable bonds is 5. The summed E-state index contributed by atoms with van der Waals surface area (Å²) >= 11 is 3.28. The van der Waals surface area contributed by atoms with Crippen LogP contribution in [-0.4, -0.2) is 29.6 Å². The van der Waals surface area contributed by atoms with E-state index in [2.05, 4.69) is 26.6 Å². The summed E-state index contributed by atoms with van der Waals surface area (Å²) in [6, 6.07) is 6.80. The van der Waals surface area contributed by atoms with Crippen molar-refractivity contribution in [1.82, 2.24) is 5.32 Å². The van der Waals surface area contributed by atoms with E-state index in [0.717, 1.165) is 4.47 Å². The number of aliphatic hydroxyl groups excluding tert-OH is 1. The van der Waals surface area contributed by atoms with E-state index in [-0.39, 0.29) is 12.6 Å². The van der Waals surface area contributed by atoms with Crippen molar-refractivity contribution in [2.75, 3.05) is 11.9 Å². The molecular formula is C13H17BrN2O3. The van der Waals surface area contributed by atoms with Crippen LogP contribution in [-0.2, 0) is 9.59 Å². The molecule has 1 unspecified atom stereocenters. The van der Waals surface area contributed by atoms with Crippen LogP contribution < -0.4 is 10.6 Å². The first kappa shape index (κ1) is 15.7. The molecule has 1 aromatic rings. The third kappa shape index (κ3) is 5.40. The average Bonchev–Trinajstić information content (AvgIpc) is 2.38. The molecule has 0 heterocycles. The Morgan fingerprint density at radius 3 is 2.68 bits per heavy atom. The van der Waals surface area contributed by atoms with Gasteiger partial charge in [-0.15, -0.1) is 0 Å². The summed E-state index contributed by atoms with van der Waals surface area (Å²) in [5.74, 6) is -1.41. The van der Waals surface area contributed by atoms with Crippen molar-refractivity contribution >= 4 is 33.4 Å². The maximum atomic E-state index is 11.7. The minimum absolute atomic E-state index is 0.0218. The van der Waals surface area contributed by atoms with Gasteiger partial charge in [-0.1, -0.05) is 28.9 Å². The van der Waals surface area contributed by atoms with Crippen LogP contribution in [0.15, 0.2) is 28.7 Å². The minimum Gasteiger partial charge on any atom is -0.396 e. The molecule has 0 fully saturated rings. The van der Waals surface area contributed by atoms with Crippen molar-refractivity contribution in [3.05, 3.63) is 28.7 Å². The number of carbonyl (C=O) groups is 2. The fourth-order valence-electron chi connectivity index (χ4n) is 1.54. The normalized spacial score (nSPS) is 11.7. The molecule has 0 bridgehead atoms. The summed E-state index contributed by atoms with van der Waals surface area (Å²) < 4.78 is 0.817. The van der Waals surface area contributed by atoms with E-state index in [1.807, 2.05) is 13.0 Å². The summed E-state index contributed by atoms with van der Waals surface area (Å²) in [6.07, 6.45) is 1.10. The minimum atomic E-state index is -0.713. The number of hydrogen-bond acceptors (Lipinski definition) is 3. The Morgan fingerprint density at radius 1 is 1.37 bits per heavy atom. The number of amides is 2. The highest BCUT2D eigenvalue weighted by atomic mass is 79.9. The Hall–Kier alpha value is -1.40. The Bertz CT molecular complexity index is 451. The zero-order valence-electron chi connectivity index (χ0n) is 10.6. The molecule has 1 atom stereocenters. The average molecular weight is 329 g/mol. The van der Waals surface area contributed by atoms with Crippen LogP contribution in [0.25, 0.3) is 0 Å². The lowest BCUT2D eigenvalue weighted by molar-refractivity contribution is -0.136. The van der Waals surface area contributed by atoms with Crippen molar-refractivity contribution < 1.29 is 14.7 Å². The number of hydrogen-bond donors (Lipinski definition) is 3. The molecule has 0 radical (unpaired) electrons. The van der Waals surface area contributed by atoms with Crippen molar-refractivity contribution in [2.45, 2.75) is 25.8 Å².